The summed E-state index contributed by atoms with van der Waals surface area (Å²) >= 11 is 0. The van der Waals surface area contributed by atoms with Crippen LogP contribution in [-0.4, -0.2) is 50.2 Å². The summed E-state index contributed by atoms with van der Waals surface area (Å²) < 4.78 is 2.11. The van der Waals surface area contributed by atoms with Crippen LogP contribution in [-0.2, 0) is 19.6 Å². The summed E-state index contributed by atoms with van der Waals surface area (Å²) in [5.41, 5.74) is 8.35. The summed E-state index contributed by atoms with van der Waals surface area (Å²) in [7, 11) is 4.15. The van der Waals surface area contributed by atoms with E-state index >= 15 is 0 Å². The molecule has 118 valence electrons. The van der Waals surface area contributed by atoms with Crippen LogP contribution in [0.15, 0.2) is 18.5 Å². The molecular formula is C15H23N7. The van der Waals surface area contributed by atoms with Crippen LogP contribution in [0, 0.1) is 0 Å². The van der Waals surface area contributed by atoms with Crippen molar-refractivity contribution in [2.45, 2.75) is 32.6 Å². The summed E-state index contributed by atoms with van der Waals surface area (Å²) in [6.45, 7) is 5.74. The normalized spacial score (nSPS) is 16.7. The lowest BCUT2D eigenvalue weighted by molar-refractivity contribution is 0.154. The lowest BCUT2D eigenvalue weighted by Gasteiger charge is -2.32. The fraction of sp³-hybridized carbons (Fsp3) is 0.533. The predicted molar refractivity (Wildman–Crippen MR) is 84.9 cm³/mol. The highest BCUT2D eigenvalue weighted by Gasteiger charge is 2.26. The van der Waals surface area contributed by atoms with Gasteiger partial charge in [0.25, 0.3) is 0 Å². The fourth-order valence-electron chi connectivity index (χ4n) is 2.88. The van der Waals surface area contributed by atoms with Crippen molar-refractivity contribution in [3.63, 3.8) is 0 Å². The van der Waals surface area contributed by atoms with Crippen molar-refractivity contribution in [2.75, 3.05) is 26.4 Å². The predicted octanol–water partition coefficient (Wildman–Crippen LogP) is 0.894. The van der Waals surface area contributed by atoms with Crippen molar-refractivity contribution in [2.24, 2.45) is 0 Å². The van der Waals surface area contributed by atoms with E-state index in [1.54, 1.807) is 12.3 Å². The first-order chi connectivity index (χ1) is 10.5. The number of nitrogens with zero attached hydrogens (tertiary/aromatic N) is 6. The third-order valence-corrected chi connectivity index (χ3v) is 4.09. The van der Waals surface area contributed by atoms with Gasteiger partial charge in [0, 0.05) is 31.4 Å². The average molecular weight is 301 g/mol. The van der Waals surface area contributed by atoms with Gasteiger partial charge in [-0.3, -0.25) is 9.58 Å². The van der Waals surface area contributed by atoms with E-state index in [0.29, 0.717) is 5.82 Å². The van der Waals surface area contributed by atoms with Crippen molar-refractivity contribution in [3.05, 3.63) is 35.5 Å². The Labute approximate surface area is 130 Å². The molecule has 0 saturated heterocycles. The lowest BCUT2D eigenvalue weighted by Crippen LogP contribution is -2.37. The molecule has 1 unspecified atom stereocenters. The van der Waals surface area contributed by atoms with Crippen molar-refractivity contribution >= 4 is 5.82 Å². The van der Waals surface area contributed by atoms with Crippen LogP contribution in [0.4, 0.5) is 5.82 Å². The molecule has 0 radical (unpaired) electrons. The minimum atomic E-state index is 0.138. The Balaban J connectivity index is 1.80. The van der Waals surface area contributed by atoms with E-state index in [1.807, 2.05) is 6.20 Å². The molecule has 0 aromatic carbocycles. The fourth-order valence-corrected chi connectivity index (χ4v) is 2.88. The molecule has 2 N–H and O–H groups in total. The Kier molecular flexibility index (Phi) is 4.08. The number of anilines is 1. The van der Waals surface area contributed by atoms with E-state index in [4.69, 9.17) is 5.73 Å². The summed E-state index contributed by atoms with van der Waals surface area (Å²) in [6, 6.07) is 1.86. The zero-order valence-electron chi connectivity index (χ0n) is 13.4. The van der Waals surface area contributed by atoms with Gasteiger partial charge in [0.05, 0.1) is 24.5 Å². The topological polar surface area (TPSA) is 76.1 Å². The average Bonchev–Trinajstić information content (AvgIpc) is 2.88. The van der Waals surface area contributed by atoms with Crippen molar-refractivity contribution in [3.8, 4) is 0 Å². The van der Waals surface area contributed by atoms with Gasteiger partial charge in [0.2, 0.25) is 0 Å². The monoisotopic (exact) mass is 301 g/mol. The summed E-state index contributed by atoms with van der Waals surface area (Å²) in [5.74, 6) is 1.30. The maximum absolute atomic E-state index is 5.78. The molecular weight excluding hydrogens is 278 g/mol. The largest absolute Gasteiger partial charge is 0.384 e. The minimum absolute atomic E-state index is 0.138. The Morgan fingerprint density at radius 2 is 2.18 bits per heavy atom. The molecule has 3 rings (SSSR count). The quantitative estimate of drug-likeness (QED) is 0.904. The Bertz CT molecular complexity index is 649. The van der Waals surface area contributed by atoms with Crippen molar-refractivity contribution in [1.29, 1.82) is 0 Å². The number of nitrogens with two attached hydrogens (primary N) is 1. The van der Waals surface area contributed by atoms with Gasteiger partial charge in [0.15, 0.2) is 0 Å². The molecule has 0 spiro atoms. The lowest BCUT2D eigenvalue weighted by atomic mass is 10.1. The van der Waals surface area contributed by atoms with Crippen LogP contribution in [0.5, 0.6) is 0 Å². The zero-order valence-corrected chi connectivity index (χ0v) is 13.4. The smallest absolute Gasteiger partial charge is 0.147 e. The van der Waals surface area contributed by atoms with Crippen LogP contribution < -0.4 is 5.73 Å². The second-order valence-corrected chi connectivity index (χ2v) is 6.06. The standard InChI is InChI=1S/C15H23N7/c1-11(15-17-5-4-14(16)19-15)21-6-7-22-13(10-21)12(8-18-22)9-20(2)3/h4-5,8,11H,6-7,9-10H2,1-3H3,(H2,16,17,19). The Hall–Kier alpha value is -1.99. The highest BCUT2D eigenvalue weighted by Crippen LogP contribution is 2.25. The maximum atomic E-state index is 5.78. The molecule has 22 heavy (non-hydrogen) atoms. The van der Waals surface area contributed by atoms with E-state index in [2.05, 4.69) is 50.6 Å². The molecule has 0 aliphatic carbocycles. The second kappa shape index (κ2) is 6.02. The van der Waals surface area contributed by atoms with Crippen LogP contribution in [0.2, 0.25) is 0 Å². The van der Waals surface area contributed by atoms with Gasteiger partial charge in [-0.1, -0.05) is 0 Å². The molecule has 2 aromatic rings. The highest BCUT2D eigenvalue weighted by atomic mass is 15.3. The molecule has 0 saturated carbocycles. The van der Waals surface area contributed by atoms with Crippen LogP contribution in [0.25, 0.3) is 0 Å². The van der Waals surface area contributed by atoms with Gasteiger partial charge in [0.1, 0.15) is 11.6 Å². The molecule has 0 bridgehead atoms. The van der Waals surface area contributed by atoms with Gasteiger partial charge >= 0.3 is 0 Å². The van der Waals surface area contributed by atoms with E-state index in [9.17, 15) is 0 Å². The number of nitrogen functional groups attached to an aromatic ring is 1. The molecule has 1 aliphatic heterocycles. The Morgan fingerprint density at radius 1 is 1.36 bits per heavy atom. The zero-order chi connectivity index (χ0) is 15.7. The summed E-state index contributed by atoms with van der Waals surface area (Å²) in [4.78, 5) is 13.3. The molecule has 1 atom stereocenters. The minimum Gasteiger partial charge on any atom is -0.384 e. The number of hydrogen-bond acceptors (Lipinski definition) is 6. The van der Waals surface area contributed by atoms with E-state index in [-0.39, 0.29) is 6.04 Å². The van der Waals surface area contributed by atoms with Gasteiger partial charge in [-0.25, -0.2) is 9.97 Å². The van der Waals surface area contributed by atoms with E-state index in [0.717, 1.165) is 32.0 Å². The van der Waals surface area contributed by atoms with Crippen molar-refractivity contribution < 1.29 is 0 Å². The van der Waals surface area contributed by atoms with Crippen LogP contribution in [0.1, 0.15) is 30.0 Å². The number of rotatable bonds is 4. The number of fused-ring (bicyclic) bond motifs is 1. The molecule has 7 nitrogen and oxygen atoms in total. The van der Waals surface area contributed by atoms with Gasteiger partial charge < -0.3 is 10.6 Å². The first kappa shape index (κ1) is 14.9. The van der Waals surface area contributed by atoms with E-state index < -0.39 is 0 Å². The summed E-state index contributed by atoms with van der Waals surface area (Å²) in [6.07, 6.45) is 3.71. The highest BCUT2D eigenvalue weighted by molar-refractivity contribution is 5.26. The first-order valence-corrected chi connectivity index (χ1v) is 7.55. The molecule has 2 aromatic heterocycles. The summed E-state index contributed by atoms with van der Waals surface area (Å²) in [5, 5.41) is 4.50. The van der Waals surface area contributed by atoms with Gasteiger partial charge in [-0.2, -0.15) is 5.10 Å². The van der Waals surface area contributed by atoms with Crippen LogP contribution in [0.3, 0.4) is 0 Å². The van der Waals surface area contributed by atoms with Gasteiger partial charge in [-0.05, 0) is 27.1 Å². The van der Waals surface area contributed by atoms with Gasteiger partial charge in [-0.15, -0.1) is 0 Å². The molecule has 7 heteroatoms. The number of hydrogen-bond donors (Lipinski definition) is 1. The third-order valence-electron chi connectivity index (χ3n) is 4.09. The maximum Gasteiger partial charge on any atom is 0.147 e. The molecule has 3 heterocycles. The molecule has 1 aliphatic rings. The SMILES string of the molecule is CC(c1nccc(N)n1)N1CCn2ncc(CN(C)C)c2C1. The molecule has 0 amide bonds. The Morgan fingerprint density at radius 3 is 2.91 bits per heavy atom. The number of aromatic nitrogens is 4. The van der Waals surface area contributed by atoms with Crippen molar-refractivity contribution in [1.82, 2.24) is 29.5 Å². The third kappa shape index (κ3) is 2.95. The van der Waals surface area contributed by atoms with Crippen LogP contribution >= 0.6 is 0 Å². The molecule has 0 fully saturated rings. The first-order valence-electron chi connectivity index (χ1n) is 7.55. The van der Waals surface area contributed by atoms with E-state index in [1.165, 1.54) is 11.3 Å². The second-order valence-electron chi connectivity index (χ2n) is 6.06.